The van der Waals surface area contributed by atoms with Crippen molar-refractivity contribution in [3.8, 4) is 0 Å². The standard InChI is InChI=1S/C16H28/c1-4-14-7-13-8-15(5-2,10-14)12-16(6-3,9-13)11-14/h13H,4-12H2,1-3H3. The maximum absolute atomic E-state index is 2.46. The molecular formula is C16H28. The molecule has 0 heteroatoms. The van der Waals surface area contributed by atoms with Crippen LogP contribution in [0.25, 0.3) is 0 Å². The Morgan fingerprint density at radius 3 is 1.25 bits per heavy atom. The van der Waals surface area contributed by atoms with Crippen molar-refractivity contribution in [2.45, 2.75) is 78.6 Å². The first-order valence-corrected chi connectivity index (χ1v) is 7.59. The molecule has 4 bridgehead atoms. The molecule has 0 heterocycles. The SMILES string of the molecule is CCC12CC3CC(CC)(C1)CC(CC)(C3)C2. The first-order chi connectivity index (χ1) is 7.59. The molecule has 0 saturated heterocycles. The highest BCUT2D eigenvalue weighted by Gasteiger charge is 2.60. The molecule has 4 aliphatic rings. The highest BCUT2D eigenvalue weighted by molar-refractivity contribution is 5.11. The van der Waals surface area contributed by atoms with Gasteiger partial charge in [0.25, 0.3) is 0 Å². The normalized spacial score (nSPS) is 54.6. The number of rotatable bonds is 3. The van der Waals surface area contributed by atoms with E-state index in [4.69, 9.17) is 0 Å². The summed E-state index contributed by atoms with van der Waals surface area (Å²) in [4.78, 5) is 0. The van der Waals surface area contributed by atoms with Crippen molar-refractivity contribution in [2.75, 3.05) is 0 Å². The third kappa shape index (κ3) is 1.34. The van der Waals surface area contributed by atoms with E-state index in [1.54, 1.807) is 38.5 Å². The van der Waals surface area contributed by atoms with Crippen LogP contribution in [-0.2, 0) is 0 Å². The minimum Gasteiger partial charge on any atom is -0.0649 e. The largest absolute Gasteiger partial charge is 0.0649 e. The molecule has 0 unspecified atom stereocenters. The molecule has 0 aromatic heterocycles. The van der Waals surface area contributed by atoms with Gasteiger partial charge in [0, 0.05) is 0 Å². The second-order valence-electron chi connectivity index (χ2n) is 7.57. The van der Waals surface area contributed by atoms with Crippen LogP contribution >= 0.6 is 0 Å². The van der Waals surface area contributed by atoms with Gasteiger partial charge in [0.1, 0.15) is 0 Å². The van der Waals surface area contributed by atoms with Crippen LogP contribution in [-0.4, -0.2) is 0 Å². The number of hydrogen-bond donors (Lipinski definition) is 0. The van der Waals surface area contributed by atoms with Crippen LogP contribution in [0.4, 0.5) is 0 Å². The monoisotopic (exact) mass is 220 g/mol. The van der Waals surface area contributed by atoms with Gasteiger partial charge in [-0.05, 0) is 60.7 Å². The predicted octanol–water partition coefficient (Wildman–Crippen LogP) is 5.17. The quantitative estimate of drug-likeness (QED) is 0.615. The molecule has 0 aliphatic heterocycles. The van der Waals surface area contributed by atoms with E-state index in [1.165, 1.54) is 19.3 Å². The Bertz CT molecular complexity index is 235. The first kappa shape index (κ1) is 11.1. The third-order valence-corrected chi connectivity index (χ3v) is 6.67. The maximum Gasteiger partial charge on any atom is -0.0287 e. The van der Waals surface area contributed by atoms with Gasteiger partial charge in [0.05, 0.1) is 0 Å². The van der Waals surface area contributed by atoms with Gasteiger partial charge >= 0.3 is 0 Å². The van der Waals surface area contributed by atoms with Crippen molar-refractivity contribution in [1.82, 2.24) is 0 Å². The van der Waals surface area contributed by atoms with E-state index in [2.05, 4.69) is 20.8 Å². The molecule has 16 heavy (non-hydrogen) atoms. The Labute approximate surface area is 101 Å². The van der Waals surface area contributed by atoms with Gasteiger partial charge in [-0.1, -0.05) is 40.0 Å². The van der Waals surface area contributed by atoms with Crippen LogP contribution in [0.3, 0.4) is 0 Å². The van der Waals surface area contributed by atoms with Gasteiger partial charge in [-0.15, -0.1) is 0 Å². The molecule has 0 aromatic carbocycles. The van der Waals surface area contributed by atoms with E-state index in [0.29, 0.717) is 0 Å². The average Bonchev–Trinajstić information content (AvgIpc) is 2.28. The first-order valence-electron chi connectivity index (χ1n) is 7.59. The summed E-state index contributed by atoms with van der Waals surface area (Å²) in [7, 11) is 0. The van der Waals surface area contributed by atoms with Crippen molar-refractivity contribution in [2.24, 2.45) is 22.2 Å². The Hall–Kier alpha value is 0. The Balaban J connectivity index is 1.99. The fourth-order valence-corrected chi connectivity index (χ4v) is 6.24. The van der Waals surface area contributed by atoms with E-state index >= 15 is 0 Å². The van der Waals surface area contributed by atoms with Crippen LogP contribution in [0.2, 0.25) is 0 Å². The van der Waals surface area contributed by atoms with E-state index in [0.717, 1.165) is 22.2 Å². The van der Waals surface area contributed by atoms with E-state index in [1.807, 2.05) is 0 Å². The smallest absolute Gasteiger partial charge is 0.0287 e. The minimum absolute atomic E-state index is 0.769. The molecule has 4 fully saturated rings. The summed E-state index contributed by atoms with van der Waals surface area (Å²) >= 11 is 0. The molecule has 0 atom stereocenters. The Morgan fingerprint density at radius 2 is 1.00 bits per heavy atom. The lowest BCUT2D eigenvalue weighted by Crippen LogP contribution is -2.56. The second kappa shape index (κ2) is 3.27. The maximum atomic E-state index is 2.46. The lowest BCUT2D eigenvalue weighted by atomic mass is 9.38. The van der Waals surface area contributed by atoms with E-state index < -0.39 is 0 Å². The zero-order valence-corrected chi connectivity index (χ0v) is 11.4. The molecule has 0 radical (unpaired) electrons. The summed E-state index contributed by atoms with van der Waals surface area (Å²) in [6, 6.07) is 0. The summed E-state index contributed by atoms with van der Waals surface area (Å²) in [5.74, 6) is 1.09. The Morgan fingerprint density at radius 1 is 0.688 bits per heavy atom. The second-order valence-corrected chi connectivity index (χ2v) is 7.57. The summed E-state index contributed by atoms with van der Waals surface area (Å²) in [5, 5.41) is 0. The van der Waals surface area contributed by atoms with Crippen molar-refractivity contribution in [3.63, 3.8) is 0 Å². The lowest BCUT2D eigenvalue weighted by molar-refractivity contribution is -0.162. The van der Waals surface area contributed by atoms with Gasteiger partial charge in [-0.25, -0.2) is 0 Å². The molecule has 0 nitrogen and oxygen atoms in total. The number of hydrogen-bond acceptors (Lipinski definition) is 0. The molecule has 92 valence electrons. The zero-order valence-electron chi connectivity index (χ0n) is 11.4. The van der Waals surface area contributed by atoms with Crippen LogP contribution in [0.1, 0.15) is 78.6 Å². The topological polar surface area (TPSA) is 0 Å². The zero-order chi connectivity index (χ0) is 11.4. The van der Waals surface area contributed by atoms with Crippen LogP contribution in [0, 0.1) is 22.2 Å². The molecule has 0 N–H and O–H groups in total. The van der Waals surface area contributed by atoms with Gasteiger partial charge in [-0.2, -0.15) is 0 Å². The fraction of sp³-hybridized carbons (Fsp3) is 1.00. The van der Waals surface area contributed by atoms with Gasteiger partial charge in [-0.3, -0.25) is 0 Å². The van der Waals surface area contributed by atoms with Crippen molar-refractivity contribution in [3.05, 3.63) is 0 Å². The van der Waals surface area contributed by atoms with Crippen LogP contribution < -0.4 is 0 Å². The van der Waals surface area contributed by atoms with Gasteiger partial charge < -0.3 is 0 Å². The van der Waals surface area contributed by atoms with Gasteiger partial charge in [0.15, 0.2) is 0 Å². The van der Waals surface area contributed by atoms with Crippen molar-refractivity contribution >= 4 is 0 Å². The molecule has 4 aliphatic carbocycles. The van der Waals surface area contributed by atoms with Crippen LogP contribution in [0.15, 0.2) is 0 Å². The third-order valence-electron chi connectivity index (χ3n) is 6.67. The summed E-state index contributed by atoms with van der Waals surface area (Å²) < 4.78 is 0. The van der Waals surface area contributed by atoms with Gasteiger partial charge in [0.2, 0.25) is 0 Å². The van der Waals surface area contributed by atoms with E-state index in [-0.39, 0.29) is 0 Å². The molecule has 0 spiro atoms. The van der Waals surface area contributed by atoms with E-state index in [9.17, 15) is 0 Å². The summed E-state index contributed by atoms with van der Waals surface area (Å²) in [6.07, 6.45) is 13.8. The molecule has 0 amide bonds. The fourth-order valence-electron chi connectivity index (χ4n) is 6.24. The van der Waals surface area contributed by atoms with Crippen molar-refractivity contribution in [1.29, 1.82) is 0 Å². The minimum atomic E-state index is 0.769. The molecule has 4 saturated carbocycles. The lowest BCUT2D eigenvalue weighted by Gasteiger charge is -2.67. The molecule has 4 rings (SSSR count). The highest BCUT2D eigenvalue weighted by Crippen LogP contribution is 2.72. The van der Waals surface area contributed by atoms with Crippen molar-refractivity contribution < 1.29 is 0 Å². The highest BCUT2D eigenvalue weighted by atomic mass is 14.7. The summed E-state index contributed by atoms with van der Waals surface area (Å²) in [5.41, 5.74) is 2.31. The summed E-state index contributed by atoms with van der Waals surface area (Å²) in [6.45, 7) is 7.37. The predicted molar refractivity (Wildman–Crippen MR) is 69.4 cm³/mol. The molecular weight excluding hydrogens is 192 g/mol. The molecule has 0 aromatic rings. The van der Waals surface area contributed by atoms with Crippen LogP contribution in [0.5, 0.6) is 0 Å². The Kier molecular flexibility index (Phi) is 2.27. The average molecular weight is 220 g/mol.